The van der Waals surface area contributed by atoms with Gasteiger partial charge in [0, 0.05) is 16.0 Å². The van der Waals surface area contributed by atoms with Gasteiger partial charge in [0.1, 0.15) is 11.8 Å². The van der Waals surface area contributed by atoms with E-state index in [0.29, 0.717) is 5.69 Å². The molecule has 2 N–H and O–H groups in total. The highest BCUT2D eigenvalue weighted by Gasteiger charge is 2.35. The Bertz CT molecular complexity index is 930. The van der Waals surface area contributed by atoms with E-state index in [9.17, 15) is 5.26 Å². The van der Waals surface area contributed by atoms with Crippen LogP contribution < -0.4 is 5.32 Å². The summed E-state index contributed by atoms with van der Waals surface area (Å²) in [6, 6.07) is 18.9. The first-order valence-corrected chi connectivity index (χ1v) is 10.1. The summed E-state index contributed by atoms with van der Waals surface area (Å²) in [5.41, 5.74) is 4.92. The molecule has 1 saturated heterocycles. The number of halogens is 1. The zero-order valence-electron chi connectivity index (χ0n) is 16.3. The summed E-state index contributed by atoms with van der Waals surface area (Å²) in [6.07, 6.45) is 3.79. The predicted molar refractivity (Wildman–Crippen MR) is 114 cm³/mol. The number of nitrogens with zero attached hydrogens (tertiary/aromatic N) is 2. The van der Waals surface area contributed by atoms with Crippen LogP contribution in [0.4, 0.5) is 0 Å². The molecule has 1 aliphatic rings. The number of aromatic amines is 1. The molecule has 0 spiro atoms. The summed E-state index contributed by atoms with van der Waals surface area (Å²) in [5, 5.41) is 20.1. The molecule has 0 atom stereocenters. The average molecular weight is 393 g/mol. The molecule has 0 unspecified atom stereocenters. The van der Waals surface area contributed by atoms with Gasteiger partial charge in [0.2, 0.25) is 0 Å². The highest BCUT2D eigenvalue weighted by molar-refractivity contribution is 6.30. The smallest absolute Gasteiger partial charge is 0.143 e. The molecule has 0 radical (unpaired) electrons. The molecule has 4 rings (SSSR count). The van der Waals surface area contributed by atoms with Gasteiger partial charge in [-0.05, 0) is 54.8 Å². The van der Waals surface area contributed by atoms with E-state index in [4.69, 9.17) is 11.6 Å². The van der Waals surface area contributed by atoms with Gasteiger partial charge in [-0.15, -0.1) is 0 Å². The normalized spacial score (nSPS) is 15.2. The van der Waals surface area contributed by atoms with Crippen LogP contribution in [-0.2, 0) is 5.41 Å². The summed E-state index contributed by atoms with van der Waals surface area (Å²) in [7, 11) is 0. The Balaban J connectivity index is 0.00000109. The molecular formula is C23H25ClN4. The van der Waals surface area contributed by atoms with Crippen molar-refractivity contribution >= 4 is 11.6 Å². The third kappa shape index (κ3) is 3.82. The molecule has 1 fully saturated rings. The molecule has 1 aromatic heterocycles. The molecule has 5 heteroatoms. The highest BCUT2D eigenvalue weighted by atomic mass is 35.5. The summed E-state index contributed by atoms with van der Waals surface area (Å²) in [6.45, 7) is 5.98. The third-order valence-corrected chi connectivity index (χ3v) is 5.61. The highest BCUT2D eigenvalue weighted by Crippen LogP contribution is 2.41. The van der Waals surface area contributed by atoms with Crippen molar-refractivity contribution in [2.75, 3.05) is 13.1 Å². The van der Waals surface area contributed by atoms with Gasteiger partial charge in [0.25, 0.3) is 0 Å². The van der Waals surface area contributed by atoms with E-state index < -0.39 is 0 Å². The monoisotopic (exact) mass is 392 g/mol. The van der Waals surface area contributed by atoms with E-state index in [0.717, 1.165) is 42.1 Å². The number of hydrogen-bond acceptors (Lipinski definition) is 3. The Morgan fingerprint density at radius 1 is 0.964 bits per heavy atom. The lowest BCUT2D eigenvalue weighted by Gasteiger charge is -2.39. The van der Waals surface area contributed by atoms with Gasteiger partial charge in [-0.3, -0.25) is 5.10 Å². The number of piperidine rings is 1. The summed E-state index contributed by atoms with van der Waals surface area (Å²) >= 11 is 6.10. The molecule has 0 aliphatic carbocycles. The van der Waals surface area contributed by atoms with Gasteiger partial charge in [-0.25, -0.2) is 0 Å². The zero-order valence-corrected chi connectivity index (χ0v) is 17.1. The number of rotatable bonds is 3. The molecule has 0 bridgehead atoms. The van der Waals surface area contributed by atoms with Gasteiger partial charge in [-0.1, -0.05) is 61.8 Å². The first-order valence-electron chi connectivity index (χ1n) is 9.74. The summed E-state index contributed by atoms with van der Waals surface area (Å²) in [5.74, 6) is 0. The molecule has 4 nitrogen and oxygen atoms in total. The van der Waals surface area contributed by atoms with Crippen LogP contribution in [0.5, 0.6) is 0 Å². The Morgan fingerprint density at radius 2 is 1.54 bits per heavy atom. The van der Waals surface area contributed by atoms with Crippen LogP contribution in [-0.4, -0.2) is 23.3 Å². The second kappa shape index (κ2) is 9.05. The van der Waals surface area contributed by atoms with E-state index in [1.54, 1.807) is 6.20 Å². The fourth-order valence-corrected chi connectivity index (χ4v) is 4.05. The molecule has 2 heterocycles. The van der Waals surface area contributed by atoms with Crippen LogP contribution in [0.2, 0.25) is 5.02 Å². The molecule has 1 aliphatic heterocycles. The molecule has 2 aromatic carbocycles. The van der Waals surface area contributed by atoms with Gasteiger partial charge >= 0.3 is 0 Å². The molecule has 0 saturated carbocycles. The maximum Gasteiger partial charge on any atom is 0.143 e. The Morgan fingerprint density at radius 3 is 2.11 bits per heavy atom. The molecule has 144 valence electrons. The minimum atomic E-state index is -0.0111. The maximum atomic E-state index is 9.20. The van der Waals surface area contributed by atoms with E-state index >= 15 is 0 Å². The predicted octanol–water partition coefficient (Wildman–Crippen LogP) is 5.30. The van der Waals surface area contributed by atoms with Crippen molar-refractivity contribution in [2.24, 2.45) is 0 Å². The Hall–Kier alpha value is -2.61. The van der Waals surface area contributed by atoms with Gasteiger partial charge in [-0.2, -0.15) is 10.4 Å². The van der Waals surface area contributed by atoms with E-state index in [-0.39, 0.29) is 5.41 Å². The van der Waals surface area contributed by atoms with Crippen LogP contribution in [0.25, 0.3) is 11.1 Å². The van der Waals surface area contributed by atoms with E-state index in [2.05, 4.69) is 58.0 Å². The maximum absolute atomic E-state index is 9.20. The fraction of sp³-hybridized carbons (Fsp3) is 0.304. The lowest BCUT2D eigenvalue weighted by molar-refractivity contribution is 0.362. The molecule has 3 aromatic rings. The molecule has 28 heavy (non-hydrogen) atoms. The number of aromatic nitrogens is 2. The Labute approximate surface area is 171 Å². The topological polar surface area (TPSA) is 64.5 Å². The van der Waals surface area contributed by atoms with Crippen LogP contribution in [0.15, 0.2) is 54.7 Å². The van der Waals surface area contributed by atoms with Crippen molar-refractivity contribution in [3.05, 3.63) is 76.6 Å². The van der Waals surface area contributed by atoms with Crippen LogP contribution in [0, 0.1) is 11.3 Å². The average Bonchev–Trinajstić information content (AvgIpc) is 3.25. The van der Waals surface area contributed by atoms with Gasteiger partial charge in [0.05, 0.1) is 6.20 Å². The lowest BCUT2D eigenvalue weighted by atomic mass is 9.68. The second-order valence-corrected chi connectivity index (χ2v) is 7.12. The summed E-state index contributed by atoms with van der Waals surface area (Å²) in [4.78, 5) is 0. The number of H-pyrrole nitrogens is 1. The van der Waals surface area contributed by atoms with Crippen molar-refractivity contribution in [1.29, 1.82) is 5.26 Å². The summed E-state index contributed by atoms with van der Waals surface area (Å²) < 4.78 is 0. The minimum absolute atomic E-state index is 0.0111. The van der Waals surface area contributed by atoms with Crippen LogP contribution in [0.3, 0.4) is 0 Å². The van der Waals surface area contributed by atoms with E-state index in [1.807, 2.05) is 26.0 Å². The first kappa shape index (κ1) is 20.1. The van der Waals surface area contributed by atoms with Crippen LogP contribution >= 0.6 is 11.6 Å². The van der Waals surface area contributed by atoms with E-state index in [1.165, 1.54) is 11.1 Å². The first-order chi connectivity index (χ1) is 13.7. The van der Waals surface area contributed by atoms with Crippen LogP contribution in [0.1, 0.15) is 43.5 Å². The minimum Gasteiger partial charge on any atom is -0.317 e. The molecular weight excluding hydrogens is 368 g/mol. The Kier molecular flexibility index (Phi) is 6.51. The lowest BCUT2D eigenvalue weighted by Crippen LogP contribution is -2.40. The quantitative estimate of drug-likeness (QED) is 0.635. The number of benzene rings is 2. The van der Waals surface area contributed by atoms with Crippen molar-refractivity contribution in [1.82, 2.24) is 15.5 Å². The van der Waals surface area contributed by atoms with Gasteiger partial charge < -0.3 is 5.32 Å². The standard InChI is InChI=1S/C21H19ClN4.C2H6/c22-18-7-5-17(6-8-18)21(9-11-24-12-10-21)16-3-1-15(2-4-16)19-14-25-26-20(19)13-23;1-2/h1-8,14,24H,9-12H2,(H,25,26);1-2H3. The third-order valence-electron chi connectivity index (χ3n) is 5.35. The number of nitrogens with one attached hydrogen (secondary N) is 2. The SMILES string of the molecule is CC.N#Cc1[nH]ncc1-c1ccc(C2(c3ccc(Cl)cc3)CCNCC2)cc1. The number of nitriles is 1. The van der Waals surface area contributed by atoms with Crippen molar-refractivity contribution in [2.45, 2.75) is 32.1 Å². The largest absolute Gasteiger partial charge is 0.317 e. The molecule has 0 amide bonds. The second-order valence-electron chi connectivity index (χ2n) is 6.69. The zero-order chi connectivity index (χ0) is 20.0. The van der Waals surface area contributed by atoms with Crippen molar-refractivity contribution in [3.63, 3.8) is 0 Å². The van der Waals surface area contributed by atoms with Crippen molar-refractivity contribution in [3.8, 4) is 17.2 Å². The van der Waals surface area contributed by atoms with Gasteiger partial charge in [0.15, 0.2) is 0 Å². The van der Waals surface area contributed by atoms with Crippen molar-refractivity contribution < 1.29 is 0 Å². The fourth-order valence-electron chi connectivity index (χ4n) is 3.93. The number of hydrogen-bond donors (Lipinski definition) is 2.